The van der Waals surface area contributed by atoms with Crippen LogP contribution in [-0.2, 0) is 4.79 Å². The Bertz CT molecular complexity index is 296. The number of hydrogen-bond acceptors (Lipinski definition) is 3. The van der Waals surface area contributed by atoms with Crippen LogP contribution in [0.2, 0.25) is 0 Å². The first kappa shape index (κ1) is 14.2. The minimum absolute atomic E-state index is 0.0634. The highest BCUT2D eigenvalue weighted by molar-refractivity contribution is 5.76. The van der Waals surface area contributed by atoms with Crippen molar-refractivity contribution in [3.63, 3.8) is 0 Å². The summed E-state index contributed by atoms with van der Waals surface area (Å²) in [7, 11) is 0. The van der Waals surface area contributed by atoms with Crippen molar-refractivity contribution in [1.82, 2.24) is 4.90 Å². The van der Waals surface area contributed by atoms with E-state index in [0.717, 1.165) is 4.90 Å². The molecule has 0 saturated carbocycles. The van der Waals surface area contributed by atoms with E-state index in [1.54, 1.807) is 6.92 Å². The summed E-state index contributed by atoms with van der Waals surface area (Å²) in [4.78, 5) is 12.7. The van der Waals surface area contributed by atoms with Crippen LogP contribution in [0.3, 0.4) is 0 Å². The quantitative estimate of drug-likeness (QED) is 0.770. The van der Waals surface area contributed by atoms with Crippen LogP contribution in [0.5, 0.6) is 0 Å². The predicted octanol–water partition coefficient (Wildman–Crippen LogP) is 0.497. The normalized spacial score (nSPS) is 27.3. The largest absolute Gasteiger partial charge is 0.419 e. The molecule has 0 radical (unpaired) electrons. The molecule has 0 aliphatic carbocycles. The summed E-state index contributed by atoms with van der Waals surface area (Å²) in [6.45, 7) is 1.33. The topological polar surface area (TPSA) is 66.6 Å². The Morgan fingerprint density at radius 1 is 1.59 bits per heavy atom. The zero-order chi connectivity index (χ0) is 13.3. The lowest BCUT2D eigenvalue weighted by Crippen LogP contribution is -2.48. The second kappa shape index (κ2) is 4.81. The number of halogens is 3. The van der Waals surface area contributed by atoms with E-state index in [1.165, 1.54) is 0 Å². The molecule has 17 heavy (non-hydrogen) atoms. The lowest BCUT2D eigenvalue weighted by molar-refractivity contribution is -0.253. The SMILES string of the molecule is CC(CN)CC(=O)N1CCC(O)(C(F)(F)F)C1. The second-order valence-corrected chi connectivity index (χ2v) is 4.64. The Morgan fingerprint density at radius 2 is 2.18 bits per heavy atom. The lowest BCUT2D eigenvalue weighted by Gasteiger charge is -2.26. The molecule has 1 rings (SSSR count). The van der Waals surface area contributed by atoms with Gasteiger partial charge in [-0.25, -0.2) is 0 Å². The summed E-state index contributed by atoms with van der Waals surface area (Å²) in [5.41, 5.74) is 2.59. The van der Waals surface area contributed by atoms with Gasteiger partial charge < -0.3 is 15.7 Å². The van der Waals surface area contributed by atoms with Crippen LogP contribution in [0.25, 0.3) is 0 Å². The monoisotopic (exact) mass is 254 g/mol. The van der Waals surface area contributed by atoms with Gasteiger partial charge in [0.2, 0.25) is 5.91 Å². The van der Waals surface area contributed by atoms with Gasteiger partial charge in [-0.3, -0.25) is 4.79 Å². The van der Waals surface area contributed by atoms with E-state index < -0.39 is 24.7 Å². The van der Waals surface area contributed by atoms with E-state index in [9.17, 15) is 23.1 Å². The predicted molar refractivity (Wildman–Crippen MR) is 55.0 cm³/mol. The number of rotatable bonds is 3. The van der Waals surface area contributed by atoms with Gasteiger partial charge in [-0.2, -0.15) is 13.2 Å². The molecule has 1 amide bonds. The molecule has 3 N–H and O–H groups in total. The maximum atomic E-state index is 12.5. The third-order valence-corrected chi connectivity index (χ3v) is 3.05. The number of likely N-dealkylation sites (tertiary alicyclic amines) is 1. The van der Waals surface area contributed by atoms with Gasteiger partial charge in [0.05, 0.1) is 6.54 Å². The number of hydrogen-bond donors (Lipinski definition) is 2. The molecule has 1 saturated heterocycles. The molecular formula is C10H17F3N2O2. The Labute approximate surface area is 97.6 Å². The molecule has 0 aromatic carbocycles. The average Bonchev–Trinajstić information content (AvgIpc) is 2.61. The first-order valence-electron chi connectivity index (χ1n) is 5.46. The zero-order valence-electron chi connectivity index (χ0n) is 9.63. The first-order valence-corrected chi connectivity index (χ1v) is 5.46. The number of carbonyl (C=O) groups excluding carboxylic acids is 1. The van der Waals surface area contributed by atoms with Gasteiger partial charge in [-0.15, -0.1) is 0 Å². The third kappa shape index (κ3) is 3.10. The summed E-state index contributed by atoms with van der Waals surface area (Å²) < 4.78 is 37.5. The van der Waals surface area contributed by atoms with E-state index in [2.05, 4.69) is 0 Å². The zero-order valence-corrected chi connectivity index (χ0v) is 9.63. The minimum Gasteiger partial charge on any atom is -0.379 e. The molecule has 1 aliphatic heterocycles. The molecule has 0 spiro atoms. The molecule has 1 aliphatic rings. The van der Waals surface area contributed by atoms with Gasteiger partial charge in [-0.1, -0.05) is 6.92 Å². The van der Waals surface area contributed by atoms with Gasteiger partial charge >= 0.3 is 6.18 Å². The van der Waals surface area contributed by atoms with Gasteiger partial charge in [-0.05, 0) is 12.5 Å². The van der Waals surface area contributed by atoms with E-state index >= 15 is 0 Å². The summed E-state index contributed by atoms with van der Waals surface area (Å²) in [6.07, 6.45) is -5.04. The van der Waals surface area contributed by atoms with Crippen LogP contribution >= 0.6 is 0 Å². The third-order valence-electron chi connectivity index (χ3n) is 3.05. The molecule has 1 fully saturated rings. The standard InChI is InChI=1S/C10H17F3N2O2/c1-7(5-14)4-8(16)15-3-2-9(17,6-15)10(11,12)13/h7,17H,2-6,14H2,1H3. The van der Waals surface area contributed by atoms with Crippen molar-refractivity contribution < 1.29 is 23.1 Å². The molecule has 4 nitrogen and oxygen atoms in total. The maximum Gasteiger partial charge on any atom is 0.419 e. The Hall–Kier alpha value is -0.820. The second-order valence-electron chi connectivity index (χ2n) is 4.64. The van der Waals surface area contributed by atoms with E-state index in [0.29, 0.717) is 6.54 Å². The molecule has 1 heterocycles. The number of β-amino-alcohol motifs (C(OH)–C–C–N with tert-alkyl or cyclic N) is 1. The Kier molecular flexibility index (Phi) is 4.03. The summed E-state index contributed by atoms with van der Waals surface area (Å²) in [5, 5.41) is 9.39. The van der Waals surface area contributed by atoms with Gasteiger partial charge in [0.25, 0.3) is 0 Å². The fourth-order valence-corrected chi connectivity index (χ4v) is 1.75. The molecule has 0 aromatic rings. The van der Waals surface area contributed by atoms with Gasteiger partial charge in [0.1, 0.15) is 0 Å². The highest BCUT2D eigenvalue weighted by Gasteiger charge is 2.57. The van der Waals surface area contributed by atoms with Crippen LogP contribution in [0.15, 0.2) is 0 Å². The van der Waals surface area contributed by atoms with Gasteiger partial charge in [0.15, 0.2) is 5.60 Å². The number of amides is 1. The number of aliphatic hydroxyl groups is 1. The van der Waals surface area contributed by atoms with Crippen molar-refractivity contribution in [3.05, 3.63) is 0 Å². The highest BCUT2D eigenvalue weighted by Crippen LogP contribution is 2.37. The van der Waals surface area contributed by atoms with Crippen molar-refractivity contribution in [2.75, 3.05) is 19.6 Å². The summed E-state index contributed by atoms with van der Waals surface area (Å²) in [5.74, 6) is -0.454. The van der Waals surface area contributed by atoms with Crippen molar-refractivity contribution in [2.24, 2.45) is 11.7 Å². The Balaban J connectivity index is 2.59. The molecule has 0 bridgehead atoms. The highest BCUT2D eigenvalue weighted by atomic mass is 19.4. The number of nitrogens with two attached hydrogens (primary N) is 1. The van der Waals surface area contributed by atoms with E-state index in [-0.39, 0.29) is 24.8 Å². The van der Waals surface area contributed by atoms with Crippen LogP contribution < -0.4 is 5.73 Å². The summed E-state index contributed by atoms with van der Waals surface area (Å²) >= 11 is 0. The Morgan fingerprint density at radius 3 is 2.59 bits per heavy atom. The summed E-state index contributed by atoms with van der Waals surface area (Å²) in [6, 6.07) is 0. The number of carbonyl (C=O) groups is 1. The van der Waals surface area contributed by atoms with Crippen molar-refractivity contribution >= 4 is 5.91 Å². The van der Waals surface area contributed by atoms with Gasteiger partial charge in [0, 0.05) is 19.4 Å². The van der Waals surface area contributed by atoms with Crippen LogP contribution in [-0.4, -0.2) is 47.3 Å². The van der Waals surface area contributed by atoms with E-state index in [4.69, 9.17) is 5.73 Å². The minimum atomic E-state index is -4.69. The average molecular weight is 254 g/mol. The van der Waals surface area contributed by atoms with Crippen molar-refractivity contribution in [1.29, 1.82) is 0 Å². The molecule has 0 aromatic heterocycles. The lowest BCUT2D eigenvalue weighted by atomic mass is 10.0. The number of nitrogens with zero attached hydrogens (tertiary/aromatic N) is 1. The fourth-order valence-electron chi connectivity index (χ4n) is 1.75. The molecule has 2 atom stereocenters. The molecule has 2 unspecified atom stereocenters. The maximum absolute atomic E-state index is 12.5. The smallest absolute Gasteiger partial charge is 0.379 e. The van der Waals surface area contributed by atoms with Crippen molar-refractivity contribution in [3.8, 4) is 0 Å². The van der Waals surface area contributed by atoms with Crippen LogP contribution in [0.1, 0.15) is 19.8 Å². The number of alkyl halides is 3. The molecular weight excluding hydrogens is 237 g/mol. The van der Waals surface area contributed by atoms with E-state index in [1.807, 2.05) is 0 Å². The molecule has 100 valence electrons. The molecule has 7 heteroatoms. The first-order chi connectivity index (χ1) is 7.69. The van der Waals surface area contributed by atoms with Crippen LogP contribution in [0.4, 0.5) is 13.2 Å². The van der Waals surface area contributed by atoms with Crippen molar-refractivity contribution in [2.45, 2.75) is 31.5 Å². The van der Waals surface area contributed by atoms with Crippen LogP contribution in [0, 0.1) is 5.92 Å². The fraction of sp³-hybridized carbons (Fsp3) is 0.900.